The predicted octanol–water partition coefficient (Wildman–Crippen LogP) is 1.10. The van der Waals surface area contributed by atoms with Crippen LogP contribution in [0.3, 0.4) is 0 Å². The van der Waals surface area contributed by atoms with Crippen molar-refractivity contribution >= 4 is 11.9 Å². The molecule has 0 heterocycles. The molecule has 0 aromatic carbocycles. The third kappa shape index (κ3) is 5.56. The summed E-state index contributed by atoms with van der Waals surface area (Å²) in [4.78, 5) is 22.4. The maximum atomic E-state index is 11.3. The molecule has 0 fully saturated rings. The Morgan fingerprint density at radius 3 is 2.14 bits per heavy atom. The summed E-state index contributed by atoms with van der Waals surface area (Å²) in [7, 11) is 0. The van der Waals surface area contributed by atoms with E-state index in [1.54, 1.807) is 34.6 Å². The van der Waals surface area contributed by atoms with E-state index in [-0.39, 0.29) is 18.6 Å². The molecule has 82 valence electrons. The SMILES string of the molecule is CC(C)OC(=O)CNC(=O)C(C)(C)C. The van der Waals surface area contributed by atoms with Crippen LogP contribution >= 0.6 is 0 Å². The molecule has 0 atom stereocenters. The number of hydrogen-bond donors (Lipinski definition) is 1. The molecule has 0 aliphatic carbocycles. The molecule has 1 amide bonds. The van der Waals surface area contributed by atoms with Crippen molar-refractivity contribution < 1.29 is 14.3 Å². The van der Waals surface area contributed by atoms with Crippen molar-refractivity contribution in [2.45, 2.75) is 40.7 Å². The lowest BCUT2D eigenvalue weighted by Gasteiger charge is -2.17. The van der Waals surface area contributed by atoms with E-state index < -0.39 is 11.4 Å². The number of carbonyl (C=O) groups excluding carboxylic acids is 2. The van der Waals surface area contributed by atoms with Gasteiger partial charge in [-0.3, -0.25) is 9.59 Å². The van der Waals surface area contributed by atoms with Crippen LogP contribution in [-0.4, -0.2) is 24.5 Å². The molecule has 0 saturated carbocycles. The van der Waals surface area contributed by atoms with Crippen molar-refractivity contribution in [1.29, 1.82) is 0 Å². The van der Waals surface area contributed by atoms with Gasteiger partial charge in [-0.15, -0.1) is 0 Å². The maximum absolute atomic E-state index is 11.3. The Hall–Kier alpha value is -1.06. The maximum Gasteiger partial charge on any atom is 0.325 e. The molecule has 1 N–H and O–H groups in total. The highest BCUT2D eigenvalue weighted by atomic mass is 16.5. The summed E-state index contributed by atoms with van der Waals surface area (Å²) in [5.74, 6) is -0.559. The molecular formula is C10H19NO3. The van der Waals surface area contributed by atoms with Crippen LogP contribution < -0.4 is 5.32 Å². The van der Waals surface area contributed by atoms with Gasteiger partial charge in [-0.25, -0.2) is 0 Å². The van der Waals surface area contributed by atoms with E-state index in [9.17, 15) is 9.59 Å². The van der Waals surface area contributed by atoms with Gasteiger partial charge in [-0.05, 0) is 13.8 Å². The Balaban J connectivity index is 3.84. The lowest BCUT2D eigenvalue weighted by molar-refractivity contribution is -0.148. The number of ether oxygens (including phenoxy) is 1. The second-order valence-electron chi connectivity index (χ2n) is 4.47. The second kappa shape index (κ2) is 4.98. The van der Waals surface area contributed by atoms with Gasteiger partial charge in [-0.2, -0.15) is 0 Å². The van der Waals surface area contributed by atoms with E-state index in [1.807, 2.05) is 0 Å². The van der Waals surface area contributed by atoms with Gasteiger partial charge in [0.15, 0.2) is 0 Å². The third-order valence-corrected chi connectivity index (χ3v) is 1.44. The molecule has 0 aromatic heterocycles. The fourth-order valence-electron chi connectivity index (χ4n) is 0.722. The van der Waals surface area contributed by atoms with E-state index in [2.05, 4.69) is 5.32 Å². The molecule has 0 aromatic rings. The number of hydrogen-bond acceptors (Lipinski definition) is 3. The molecule has 0 saturated heterocycles. The highest BCUT2D eigenvalue weighted by Gasteiger charge is 2.21. The van der Waals surface area contributed by atoms with Crippen LogP contribution in [0, 0.1) is 5.41 Å². The van der Waals surface area contributed by atoms with Gasteiger partial charge in [0.2, 0.25) is 5.91 Å². The molecule has 4 nitrogen and oxygen atoms in total. The molecule has 0 bridgehead atoms. The van der Waals surface area contributed by atoms with E-state index >= 15 is 0 Å². The standard InChI is InChI=1S/C10H19NO3/c1-7(2)14-8(12)6-11-9(13)10(3,4)5/h7H,6H2,1-5H3,(H,11,13). The number of esters is 1. The quantitative estimate of drug-likeness (QED) is 0.696. The Labute approximate surface area is 85.0 Å². The van der Waals surface area contributed by atoms with Gasteiger partial charge in [-0.1, -0.05) is 20.8 Å². The van der Waals surface area contributed by atoms with Gasteiger partial charge < -0.3 is 10.1 Å². The molecule has 0 rings (SSSR count). The van der Waals surface area contributed by atoms with Crippen molar-refractivity contribution in [3.8, 4) is 0 Å². The molecular weight excluding hydrogens is 182 g/mol. The van der Waals surface area contributed by atoms with Crippen molar-refractivity contribution in [2.75, 3.05) is 6.54 Å². The van der Waals surface area contributed by atoms with Gasteiger partial charge in [0.1, 0.15) is 6.54 Å². The fourth-order valence-corrected chi connectivity index (χ4v) is 0.722. The molecule has 0 aliphatic heterocycles. The zero-order valence-corrected chi connectivity index (χ0v) is 9.51. The zero-order valence-electron chi connectivity index (χ0n) is 9.51. The number of amides is 1. The van der Waals surface area contributed by atoms with E-state index in [0.29, 0.717) is 0 Å². The normalized spacial score (nSPS) is 11.3. The minimum absolute atomic E-state index is 0.0612. The summed E-state index contributed by atoms with van der Waals surface area (Å²) in [6.45, 7) is 8.84. The summed E-state index contributed by atoms with van der Waals surface area (Å²) in [6, 6.07) is 0. The van der Waals surface area contributed by atoms with Crippen LogP contribution in [0.5, 0.6) is 0 Å². The van der Waals surface area contributed by atoms with Crippen LogP contribution in [0.15, 0.2) is 0 Å². The fraction of sp³-hybridized carbons (Fsp3) is 0.800. The molecule has 0 spiro atoms. The minimum Gasteiger partial charge on any atom is -0.462 e. The van der Waals surface area contributed by atoms with Crippen LogP contribution in [-0.2, 0) is 14.3 Å². The summed E-state index contributed by atoms with van der Waals surface area (Å²) < 4.78 is 4.86. The van der Waals surface area contributed by atoms with Crippen LogP contribution in [0.1, 0.15) is 34.6 Å². The Morgan fingerprint density at radius 2 is 1.79 bits per heavy atom. The summed E-state index contributed by atoms with van der Waals surface area (Å²) >= 11 is 0. The van der Waals surface area contributed by atoms with Gasteiger partial charge >= 0.3 is 5.97 Å². The average Bonchev–Trinajstić information content (AvgIpc) is 1.96. The lowest BCUT2D eigenvalue weighted by atomic mass is 9.96. The first-order valence-electron chi connectivity index (χ1n) is 4.71. The third-order valence-electron chi connectivity index (χ3n) is 1.44. The van der Waals surface area contributed by atoms with Crippen molar-refractivity contribution in [3.63, 3.8) is 0 Å². The predicted molar refractivity (Wildman–Crippen MR) is 53.7 cm³/mol. The van der Waals surface area contributed by atoms with Gasteiger partial charge in [0, 0.05) is 5.41 Å². The molecule has 0 radical (unpaired) electrons. The summed E-state index contributed by atoms with van der Waals surface area (Å²) in [5, 5.41) is 2.51. The second-order valence-corrected chi connectivity index (χ2v) is 4.47. The van der Waals surface area contributed by atoms with Crippen LogP contribution in [0.25, 0.3) is 0 Å². The first-order valence-corrected chi connectivity index (χ1v) is 4.71. The Kier molecular flexibility index (Phi) is 4.60. The molecule has 0 unspecified atom stereocenters. The average molecular weight is 201 g/mol. The minimum atomic E-state index is -0.474. The lowest BCUT2D eigenvalue weighted by Crippen LogP contribution is -2.38. The number of nitrogens with one attached hydrogen (secondary N) is 1. The summed E-state index contributed by atoms with van der Waals surface area (Å²) in [5.41, 5.74) is -0.474. The van der Waals surface area contributed by atoms with Gasteiger partial charge in [0.05, 0.1) is 6.10 Å². The highest BCUT2D eigenvalue weighted by Crippen LogP contribution is 2.11. The zero-order chi connectivity index (χ0) is 11.4. The summed E-state index contributed by atoms with van der Waals surface area (Å²) in [6.07, 6.45) is -0.144. The Bertz CT molecular complexity index is 216. The monoisotopic (exact) mass is 201 g/mol. The van der Waals surface area contributed by atoms with Crippen LogP contribution in [0.2, 0.25) is 0 Å². The van der Waals surface area contributed by atoms with E-state index in [0.717, 1.165) is 0 Å². The van der Waals surface area contributed by atoms with Gasteiger partial charge in [0.25, 0.3) is 0 Å². The van der Waals surface area contributed by atoms with Crippen LogP contribution in [0.4, 0.5) is 0 Å². The van der Waals surface area contributed by atoms with E-state index in [1.165, 1.54) is 0 Å². The molecule has 4 heteroatoms. The first-order chi connectivity index (χ1) is 6.23. The highest BCUT2D eigenvalue weighted by molar-refractivity contribution is 5.85. The van der Waals surface area contributed by atoms with Crippen molar-refractivity contribution in [3.05, 3.63) is 0 Å². The van der Waals surface area contributed by atoms with Crippen molar-refractivity contribution in [2.24, 2.45) is 5.41 Å². The van der Waals surface area contributed by atoms with E-state index in [4.69, 9.17) is 4.74 Å². The van der Waals surface area contributed by atoms with Crippen molar-refractivity contribution in [1.82, 2.24) is 5.32 Å². The number of carbonyl (C=O) groups is 2. The first kappa shape index (κ1) is 12.9. The topological polar surface area (TPSA) is 55.4 Å². The smallest absolute Gasteiger partial charge is 0.325 e. The molecule has 14 heavy (non-hydrogen) atoms. The number of rotatable bonds is 3. The molecule has 0 aliphatic rings. The Morgan fingerprint density at radius 1 is 1.29 bits per heavy atom. The largest absolute Gasteiger partial charge is 0.462 e.